The van der Waals surface area contributed by atoms with Crippen LogP contribution in [0, 0.1) is 0 Å². The molecular weight excluding hydrogens is 317 g/mol. The second-order valence-corrected chi connectivity index (χ2v) is 7.57. The summed E-state index contributed by atoms with van der Waals surface area (Å²) in [5.41, 5.74) is -1.32. The number of nitrogens with zero attached hydrogens (tertiary/aromatic N) is 1. The van der Waals surface area contributed by atoms with Crippen LogP contribution in [-0.4, -0.2) is 23.3 Å². The van der Waals surface area contributed by atoms with Crippen molar-refractivity contribution in [3.8, 4) is 10.6 Å². The van der Waals surface area contributed by atoms with Gasteiger partial charge in [0.15, 0.2) is 0 Å². The standard InChI is InChI=1S/C19H20BNO2S/c1-18(2)19(3,4)23-20(22-18)14-10-11-16-15(12-14)21-17(24-16)13-8-6-5-7-9-13/h5-12H,1-4H3/i5D,6D,7D,8D,9D,10D,11D,12D. The van der Waals surface area contributed by atoms with E-state index in [1.165, 1.54) is 0 Å². The summed E-state index contributed by atoms with van der Waals surface area (Å²) in [5.74, 6) is 0. The smallest absolute Gasteiger partial charge is 0.399 e. The topological polar surface area (TPSA) is 31.4 Å². The van der Waals surface area contributed by atoms with Gasteiger partial charge in [-0.15, -0.1) is 11.3 Å². The molecule has 0 N–H and O–H groups in total. The first-order valence-corrected chi connectivity index (χ1v) is 8.34. The van der Waals surface area contributed by atoms with Gasteiger partial charge in [0.05, 0.1) is 32.4 Å². The Morgan fingerprint density at radius 3 is 2.33 bits per heavy atom. The summed E-state index contributed by atoms with van der Waals surface area (Å²) in [6.07, 6.45) is 0. The summed E-state index contributed by atoms with van der Waals surface area (Å²) in [7, 11) is -1.03. The highest BCUT2D eigenvalue weighted by atomic mass is 32.1. The zero-order chi connectivity index (χ0) is 23.9. The first-order chi connectivity index (χ1) is 14.7. The van der Waals surface area contributed by atoms with E-state index in [-0.39, 0.29) is 44.4 Å². The first-order valence-electron chi connectivity index (χ1n) is 11.5. The normalized spacial score (nSPS) is 23.8. The van der Waals surface area contributed by atoms with Crippen molar-refractivity contribution in [1.29, 1.82) is 0 Å². The van der Waals surface area contributed by atoms with Gasteiger partial charge < -0.3 is 9.31 Å². The number of hydrogen-bond acceptors (Lipinski definition) is 4. The van der Waals surface area contributed by atoms with Crippen LogP contribution in [0.1, 0.15) is 38.7 Å². The van der Waals surface area contributed by atoms with E-state index in [2.05, 4.69) is 4.98 Å². The van der Waals surface area contributed by atoms with Crippen LogP contribution in [0.4, 0.5) is 0 Å². The maximum Gasteiger partial charge on any atom is 0.494 e. The number of fused-ring (bicyclic) bond motifs is 1. The van der Waals surface area contributed by atoms with Gasteiger partial charge in [0, 0.05) is 5.56 Å². The summed E-state index contributed by atoms with van der Waals surface area (Å²) in [5, 5.41) is 0.0875. The minimum absolute atomic E-state index is 0.0825. The van der Waals surface area contributed by atoms with Gasteiger partial charge in [-0.3, -0.25) is 0 Å². The predicted molar refractivity (Wildman–Crippen MR) is 101 cm³/mol. The van der Waals surface area contributed by atoms with Crippen molar-refractivity contribution in [3.63, 3.8) is 0 Å². The van der Waals surface area contributed by atoms with Crippen molar-refractivity contribution in [2.45, 2.75) is 38.9 Å². The lowest BCUT2D eigenvalue weighted by atomic mass is 9.79. The van der Waals surface area contributed by atoms with Crippen LogP contribution in [-0.2, 0) is 9.31 Å². The molecule has 24 heavy (non-hydrogen) atoms. The van der Waals surface area contributed by atoms with Crippen LogP contribution in [0.5, 0.6) is 0 Å². The van der Waals surface area contributed by atoms with Crippen molar-refractivity contribution in [3.05, 3.63) is 48.3 Å². The molecule has 122 valence electrons. The number of rotatable bonds is 2. The summed E-state index contributed by atoms with van der Waals surface area (Å²) < 4.78 is 77.8. The van der Waals surface area contributed by atoms with Gasteiger partial charge in [0.25, 0.3) is 0 Å². The third-order valence-electron chi connectivity index (χ3n) is 4.39. The van der Waals surface area contributed by atoms with E-state index in [0.717, 1.165) is 11.3 Å². The first kappa shape index (κ1) is 9.13. The minimum atomic E-state index is -1.03. The van der Waals surface area contributed by atoms with Gasteiger partial charge in [0.2, 0.25) is 0 Å². The van der Waals surface area contributed by atoms with Gasteiger partial charge in [-0.05, 0) is 45.2 Å². The highest BCUT2D eigenvalue weighted by Gasteiger charge is 2.51. The van der Waals surface area contributed by atoms with Crippen LogP contribution in [0.15, 0.2) is 48.3 Å². The molecule has 0 atom stereocenters. The fraction of sp³-hybridized carbons (Fsp3) is 0.316. The van der Waals surface area contributed by atoms with E-state index in [4.69, 9.17) is 20.3 Å². The summed E-state index contributed by atoms with van der Waals surface area (Å²) in [6, 6.07) is -2.86. The second kappa shape index (κ2) is 5.41. The molecule has 0 amide bonds. The van der Waals surface area contributed by atoms with Crippen molar-refractivity contribution < 1.29 is 20.3 Å². The van der Waals surface area contributed by atoms with E-state index in [0.29, 0.717) is 0 Å². The molecule has 3 aromatic rings. The Morgan fingerprint density at radius 2 is 1.67 bits per heavy atom. The molecule has 1 aromatic heterocycles. The highest BCUT2D eigenvalue weighted by Crippen LogP contribution is 2.37. The maximum atomic E-state index is 8.69. The van der Waals surface area contributed by atoms with Crippen LogP contribution >= 0.6 is 11.3 Å². The zero-order valence-corrected chi connectivity index (χ0v) is 14.6. The van der Waals surface area contributed by atoms with Crippen LogP contribution in [0.25, 0.3) is 20.8 Å². The lowest BCUT2D eigenvalue weighted by Gasteiger charge is -2.32. The number of benzene rings is 2. The Labute approximate surface area is 158 Å². The Kier molecular flexibility index (Phi) is 2.06. The van der Waals surface area contributed by atoms with Crippen molar-refractivity contribution in [1.82, 2.24) is 4.98 Å². The maximum absolute atomic E-state index is 8.69. The molecule has 2 aromatic carbocycles. The molecule has 1 aliphatic rings. The Hall–Kier alpha value is -1.69. The lowest BCUT2D eigenvalue weighted by molar-refractivity contribution is 0.00578. The zero-order valence-electron chi connectivity index (χ0n) is 21.7. The molecule has 3 nitrogen and oxygen atoms in total. The molecule has 0 saturated carbocycles. The van der Waals surface area contributed by atoms with E-state index >= 15 is 0 Å². The third kappa shape index (κ3) is 2.57. The van der Waals surface area contributed by atoms with Gasteiger partial charge in [-0.2, -0.15) is 0 Å². The van der Waals surface area contributed by atoms with E-state index in [1.54, 1.807) is 0 Å². The van der Waals surface area contributed by atoms with E-state index in [1.807, 2.05) is 27.7 Å². The number of hydrogen-bond donors (Lipinski definition) is 0. The number of aromatic nitrogens is 1. The fourth-order valence-corrected chi connectivity index (χ4v) is 3.14. The second-order valence-electron chi connectivity index (χ2n) is 6.57. The molecule has 0 unspecified atom stereocenters. The molecular formula is C19H20BNO2S. The Bertz CT molecular complexity index is 1250. The average Bonchev–Trinajstić information content (AvgIpc) is 3.22. The minimum Gasteiger partial charge on any atom is -0.399 e. The van der Waals surface area contributed by atoms with Crippen molar-refractivity contribution in [2.75, 3.05) is 0 Å². The largest absolute Gasteiger partial charge is 0.494 e. The van der Waals surface area contributed by atoms with Crippen LogP contribution in [0.3, 0.4) is 0 Å². The molecule has 1 fully saturated rings. The van der Waals surface area contributed by atoms with Gasteiger partial charge in [-0.1, -0.05) is 36.3 Å². The summed E-state index contributed by atoms with van der Waals surface area (Å²) in [4.78, 5) is 4.37. The molecule has 1 saturated heterocycles. The van der Waals surface area contributed by atoms with Crippen molar-refractivity contribution in [2.24, 2.45) is 0 Å². The third-order valence-corrected chi connectivity index (χ3v) is 5.38. The monoisotopic (exact) mass is 345 g/mol. The van der Waals surface area contributed by atoms with Gasteiger partial charge in [-0.25, -0.2) is 4.98 Å². The molecule has 0 radical (unpaired) electrons. The lowest BCUT2D eigenvalue weighted by Crippen LogP contribution is -2.41. The SMILES string of the molecule is [2H]c1c([2H])c([2H])c(-c2nc3c([2H])c(B4OC(C)(C)C(C)(C)O4)c([2H])c([2H])c3s2)c([2H])c1[2H]. The molecule has 0 bridgehead atoms. The molecule has 4 rings (SSSR count). The summed E-state index contributed by atoms with van der Waals surface area (Å²) in [6.45, 7) is 7.39. The summed E-state index contributed by atoms with van der Waals surface area (Å²) >= 11 is 0.920. The number of thiazole rings is 1. The van der Waals surface area contributed by atoms with Crippen LogP contribution in [0.2, 0.25) is 0 Å². The molecule has 1 aliphatic heterocycles. The van der Waals surface area contributed by atoms with E-state index < -0.39 is 48.5 Å². The Balaban J connectivity index is 1.95. The highest BCUT2D eigenvalue weighted by molar-refractivity contribution is 7.21. The predicted octanol–water partition coefficient (Wildman–Crippen LogP) is 4.26. The molecule has 0 aliphatic carbocycles. The molecule has 5 heteroatoms. The van der Waals surface area contributed by atoms with Crippen molar-refractivity contribution >= 4 is 34.1 Å². The van der Waals surface area contributed by atoms with Gasteiger partial charge >= 0.3 is 7.12 Å². The van der Waals surface area contributed by atoms with Crippen LogP contribution < -0.4 is 5.46 Å². The molecule has 2 heterocycles. The van der Waals surface area contributed by atoms with E-state index in [9.17, 15) is 0 Å². The Morgan fingerprint density at radius 1 is 1.00 bits per heavy atom. The van der Waals surface area contributed by atoms with Gasteiger partial charge in [0.1, 0.15) is 5.01 Å². The fourth-order valence-electron chi connectivity index (χ4n) is 2.32. The molecule has 0 spiro atoms. The average molecular weight is 345 g/mol. The quantitative estimate of drug-likeness (QED) is 0.650.